The number of carbonyl (C=O) groups is 1. The molecule has 1 fully saturated rings. The minimum absolute atomic E-state index is 0.143. The van der Waals surface area contributed by atoms with Crippen molar-refractivity contribution < 1.29 is 9.53 Å². The lowest BCUT2D eigenvalue weighted by Gasteiger charge is -2.09. The molecule has 2 heterocycles. The highest BCUT2D eigenvalue weighted by Gasteiger charge is 2.28. The van der Waals surface area contributed by atoms with E-state index in [1.165, 1.54) is 12.4 Å². The maximum Gasteiger partial charge on any atom is 0.228 e. The summed E-state index contributed by atoms with van der Waals surface area (Å²) in [5.41, 5.74) is 2.74. The molecular formula is C18H16Cl2N4O2. The Morgan fingerprint density at radius 2 is 2.04 bits per heavy atom. The summed E-state index contributed by atoms with van der Waals surface area (Å²) in [7, 11) is 1.62. The molecule has 1 aliphatic carbocycles. The van der Waals surface area contributed by atoms with Crippen molar-refractivity contribution in [2.75, 3.05) is 12.4 Å². The van der Waals surface area contributed by atoms with Gasteiger partial charge >= 0.3 is 0 Å². The number of carbonyl (C=O) groups excluding carboxylic acids is 1. The van der Waals surface area contributed by atoms with Crippen LogP contribution in [0.15, 0.2) is 24.5 Å². The van der Waals surface area contributed by atoms with Gasteiger partial charge in [0.05, 0.1) is 34.8 Å². The van der Waals surface area contributed by atoms with Gasteiger partial charge in [-0.05, 0) is 24.5 Å². The van der Waals surface area contributed by atoms with E-state index in [9.17, 15) is 4.79 Å². The van der Waals surface area contributed by atoms with Gasteiger partial charge in [-0.15, -0.1) is 0 Å². The number of benzene rings is 1. The maximum absolute atomic E-state index is 12.5. The molecule has 6 nitrogen and oxygen atoms in total. The van der Waals surface area contributed by atoms with Crippen LogP contribution in [0.2, 0.25) is 10.0 Å². The van der Waals surface area contributed by atoms with Crippen molar-refractivity contribution >= 4 is 45.8 Å². The van der Waals surface area contributed by atoms with Gasteiger partial charge in [-0.2, -0.15) is 0 Å². The predicted octanol–water partition coefficient (Wildman–Crippen LogP) is 4.33. The standard InChI is InChI=1S/C18H16Cl2N4O2/c1-26-13-5-4-10(15-17(13)24-18(23-15)9-2-3-9)6-14(25)22-16-11(19)7-21-8-12(16)20/h4-5,7-9H,2-3,6H2,1H3,(H,23,24)(H,21,22,25). The Kier molecular flexibility index (Phi) is 4.46. The highest BCUT2D eigenvalue weighted by Crippen LogP contribution is 2.40. The lowest BCUT2D eigenvalue weighted by Crippen LogP contribution is -2.15. The van der Waals surface area contributed by atoms with Crippen molar-refractivity contribution in [3.05, 3.63) is 46.0 Å². The average molecular weight is 391 g/mol. The van der Waals surface area contributed by atoms with Crippen molar-refractivity contribution in [1.29, 1.82) is 0 Å². The Balaban J connectivity index is 1.63. The van der Waals surface area contributed by atoms with Crippen LogP contribution in [-0.2, 0) is 11.2 Å². The molecule has 0 atom stereocenters. The third-order valence-corrected chi connectivity index (χ3v) is 4.93. The molecule has 0 saturated heterocycles. The van der Waals surface area contributed by atoms with E-state index in [1.54, 1.807) is 7.11 Å². The van der Waals surface area contributed by atoms with Gasteiger partial charge in [0.2, 0.25) is 5.91 Å². The second kappa shape index (κ2) is 6.78. The maximum atomic E-state index is 12.5. The van der Waals surface area contributed by atoms with Gasteiger partial charge in [-0.3, -0.25) is 9.78 Å². The highest BCUT2D eigenvalue weighted by atomic mass is 35.5. The Hall–Kier alpha value is -2.31. The molecule has 3 aromatic rings. The molecule has 8 heteroatoms. The number of hydrogen-bond donors (Lipinski definition) is 2. The van der Waals surface area contributed by atoms with Crippen molar-refractivity contribution in [3.8, 4) is 5.75 Å². The molecule has 134 valence electrons. The number of hydrogen-bond acceptors (Lipinski definition) is 4. The lowest BCUT2D eigenvalue weighted by molar-refractivity contribution is -0.115. The number of aromatic nitrogens is 3. The summed E-state index contributed by atoms with van der Waals surface area (Å²) in [6.07, 6.45) is 5.28. The molecule has 26 heavy (non-hydrogen) atoms. The number of imidazole rings is 1. The molecule has 0 bridgehead atoms. The summed E-state index contributed by atoms with van der Waals surface area (Å²) in [6, 6.07) is 3.69. The van der Waals surface area contributed by atoms with Crippen LogP contribution in [-0.4, -0.2) is 28.0 Å². The summed E-state index contributed by atoms with van der Waals surface area (Å²) >= 11 is 12.1. The SMILES string of the molecule is COc1ccc(CC(=O)Nc2c(Cl)cncc2Cl)c2nc(C3CC3)[nH]c12. The van der Waals surface area contributed by atoms with Gasteiger partial charge in [0.25, 0.3) is 0 Å². The number of halogens is 2. The van der Waals surface area contributed by atoms with E-state index in [2.05, 4.69) is 15.3 Å². The normalized spacial score (nSPS) is 13.8. The number of fused-ring (bicyclic) bond motifs is 1. The van der Waals surface area contributed by atoms with Crippen LogP contribution in [0.25, 0.3) is 11.0 Å². The van der Waals surface area contributed by atoms with Gasteiger partial charge < -0.3 is 15.0 Å². The monoisotopic (exact) mass is 390 g/mol. The first kappa shape index (κ1) is 17.1. The first-order chi connectivity index (χ1) is 12.6. The van der Waals surface area contributed by atoms with Gasteiger partial charge in [0, 0.05) is 18.3 Å². The third-order valence-electron chi connectivity index (χ3n) is 4.36. The first-order valence-corrected chi connectivity index (χ1v) is 8.96. The Bertz CT molecular complexity index is 978. The molecular weight excluding hydrogens is 375 g/mol. The van der Waals surface area contributed by atoms with E-state index in [1.807, 2.05) is 12.1 Å². The Labute approximate surface area is 159 Å². The average Bonchev–Trinajstić information content (AvgIpc) is 3.37. The highest BCUT2D eigenvalue weighted by molar-refractivity contribution is 6.39. The van der Waals surface area contributed by atoms with Crippen LogP contribution < -0.4 is 10.1 Å². The summed E-state index contributed by atoms with van der Waals surface area (Å²) in [5.74, 6) is 1.90. The van der Waals surface area contributed by atoms with Crippen molar-refractivity contribution in [1.82, 2.24) is 15.0 Å². The molecule has 1 amide bonds. The van der Waals surface area contributed by atoms with E-state index < -0.39 is 0 Å². The van der Waals surface area contributed by atoms with Gasteiger partial charge in [-0.25, -0.2) is 4.98 Å². The molecule has 0 spiro atoms. The molecule has 1 aromatic carbocycles. The first-order valence-electron chi connectivity index (χ1n) is 8.21. The van der Waals surface area contributed by atoms with Crippen molar-refractivity contribution in [2.45, 2.75) is 25.2 Å². The summed E-state index contributed by atoms with van der Waals surface area (Å²) in [6.45, 7) is 0. The summed E-state index contributed by atoms with van der Waals surface area (Å²) in [4.78, 5) is 24.4. The van der Waals surface area contributed by atoms with E-state index in [0.29, 0.717) is 27.4 Å². The van der Waals surface area contributed by atoms with Gasteiger partial charge in [-0.1, -0.05) is 29.3 Å². The predicted molar refractivity (Wildman–Crippen MR) is 101 cm³/mol. The minimum atomic E-state index is -0.234. The van der Waals surface area contributed by atoms with Crippen LogP contribution in [0.5, 0.6) is 5.75 Å². The molecule has 2 N–H and O–H groups in total. The molecule has 1 aliphatic rings. The zero-order chi connectivity index (χ0) is 18.3. The van der Waals surface area contributed by atoms with E-state index in [4.69, 9.17) is 32.9 Å². The van der Waals surface area contributed by atoms with Gasteiger partial charge in [0.1, 0.15) is 17.1 Å². The Morgan fingerprint density at radius 1 is 1.31 bits per heavy atom. The van der Waals surface area contributed by atoms with Crippen LogP contribution in [0.3, 0.4) is 0 Å². The van der Waals surface area contributed by atoms with Crippen LogP contribution in [0, 0.1) is 0 Å². The fourth-order valence-corrected chi connectivity index (χ4v) is 3.35. The van der Waals surface area contributed by atoms with Crippen molar-refractivity contribution in [3.63, 3.8) is 0 Å². The third kappa shape index (κ3) is 3.22. The number of H-pyrrole nitrogens is 1. The number of anilines is 1. The van der Waals surface area contributed by atoms with Gasteiger partial charge in [0.15, 0.2) is 0 Å². The van der Waals surface area contributed by atoms with E-state index in [-0.39, 0.29) is 12.3 Å². The Morgan fingerprint density at radius 3 is 2.69 bits per heavy atom. The lowest BCUT2D eigenvalue weighted by atomic mass is 10.1. The van der Waals surface area contributed by atoms with Crippen LogP contribution in [0.4, 0.5) is 5.69 Å². The number of nitrogens with one attached hydrogen (secondary N) is 2. The zero-order valence-corrected chi connectivity index (χ0v) is 15.5. The molecule has 0 unspecified atom stereocenters. The number of aromatic amines is 1. The summed E-state index contributed by atoms with van der Waals surface area (Å²) < 4.78 is 5.41. The van der Waals surface area contributed by atoms with Crippen molar-refractivity contribution in [2.24, 2.45) is 0 Å². The number of rotatable bonds is 5. The topological polar surface area (TPSA) is 79.9 Å². The van der Waals surface area contributed by atoms with E-state index in [0.717, 1.165) is 35.3 Å². The molecule has 2 aromatic heterocycles. The molecule has 0 radical (unpaired) electrons. The van der Waals surface area contributed by atoms with Crippen LogP contribution in [0.1, 0.15) is 30.1 Å². The smallest absolute Gasteiger partial charge is 0.228 e. The minimum Gasteiger partial charge on any atom is -0.494 e. The number of pyridine rings is 1. The zero-order valence-electron chi connectivity index (χ0n) is 14.0. The molecule has 4 rings (SSSR count). The molecule has 1 saturated carbocycles. The largest absolute Gasteiger partial charge is 0.494 e. The number of ether oxygens (including phenoxy) is 1. The second-order valence-corrected chi connectivity index (χ2v) is 7.06. The fraction of sp³-hybridized carbons (Fsp3) is 0.278. The quantitative estimate of drug-likeness (QED) is 0.679. The second-order valence-electron chi connectivity index (χ2n) is 6.25. The number of amides is 1. The fourth-order valence-electron chi connectivity index (χ4n) is 2.89. The number of methoxy groups -OCH3 is 1. The molecule has 0 aliphatic heterocycles. The van der Waals surface area contributed by atoms with Crippen LogP contribution >= 0.6 is 23.2 Å². The number of nitrogens with zero attached hydrogens (tertiary/aromatic N) is 2. The summed E-state index contributed by atoms with van der Waals surface area (Å²) in [5, 5.41) is 3.34. The van der Waals surface area contributed by atoms with E-state index >= 15 is 0 Å².